The molecule has 1 fully saturated rings. The number of rotatable bonds is 7. The van der Waals surface area contributed by atoms with Crippen molar-refractivity contribution in [3.8, 4) is 0 Å². The first-order valence-electron chi connectivity index (χ1n) is 10.7. The maximum Gasteiger partial charge on any atom is 0.407 e. The molecule has 3 heterocycles. The van der Waals surface area contributed by atoms with Gasteiger partial charge < -0.3 is 25.2 Å². The first kappa shape index (κ1) is 22.6. The van der Waals surface area contributed by atoms with Gasteiger partial charge in [-0.25, -0.2) is 19.7 Å². The number of carbonyl (C=O) groups is 2. The van der Waals surface area contributed by atoms with Gasteiger partial charge in [-0.15, -0.1) is 0 Å². The molecule has 0 bridgehead atoms. The van der Waals surface area contributed by atoms with E-state index in [0.717, 1.165) is 5.56 Å². The molecule has 0 spiro atoms. The average molecular weight is 454 g/mol. The number of benzene rings is 1. The van der Waals surface area contributed by atoms with E-state index in [4.69, 9.17) is 9.47 Å². The fourth-order valence-corrected chi connectivity index (χ4v) is 3.52. The van der Waals surface area contributed by atoms with Gasteiger partial charge in [0.1, 0.15) is 6.33 Å². The summed E-state index contributed by atoms with van der Waals surface area (Å²) in [5, 5.41) is 15.1. The Hall–Kier alpha value is -3.57. The normalized spacial score (nSPS) is 20.2. The molecule has 1 aromatic carbocycles. The molecular weight excluding hydrogens is 428 g/mol. The van der Waals surface area contributed by atoms with Crippen LogP contribution in [0.25, 0.3) is 11.2 Å². The van der Waals surface area contributed by atoms with Gasteiger partial charge >= 0.3 is 6.09 Å². The van der Waals surface area contributed by atoms with Gasteiger partial charge in [0.25, 0.3) is 0 Å². The summed E-state index contributed by atoms with van der Waals surface area (Å²) in [5.74, 6) is -0.140. The zero-order valence-electron chi connectivity index (χ0n) is 18.3. The Morgan fingerprint density at radius 3 is 2.76 bits per heavy atom. The fraction of sp³-hybridized carbons (Fsp3) is 0.409. The Balaban J connectivity index is 1.52. The summed E-state index contributed by atoms with van der Waals surface area (Å²) in [5.41, 5.74) is 1.73. The van der Waals surface area contributed by atoms with Gasteiger partial charge in [0.2, 0.25) is 5.91 Å². The number of anilines is 1. The average Bonchev–Trinajstić information content (AvgIpc) is 3.42. The molecule has 3 aromatic rings. The van der Waals surface area contributed by atoms with Crippen LogP contribution < -0.4 is 10.6 Å². The molecule has 1 aliphatic rings. The third-order valence-corrected chi connectivity index (χ3v) is 5.29. The Morgan fingerprint density at radius 1 is 1.24 bits per heavy atom. The number of nitrogens with zero attached hydrogens (tertiary/aromatic N) is 4. The number of aliphatic hydroxyl groups excluding tert-OH is 1. The van der Waals surface area contributed by atoms with E-state index in [1.807, 2.05) is 30.3 Å². The number of nitrogens with one attached hydrogen (secondary N) is 2. The number of carbonyl (C=O) groups excluding carboxylic acids is 2. The minimum atomic E-state index is -0.752. The lowest BCUT2D eigenvalue weighted by atomic mass is 10.2. The lowest BCUT2D eigenvalue weighted by Gasteiger charge is -2.20. The minimum Gasteiger partial charge on any atom is -0.441 e. The molecule has 1 saturated heterocycles. The van der Waals surface area contributed by atoms with Crippen molar-refractivity contribution in [3.63, 3.8) is 0 Å². The number of fused-ring (bicyclic) bond motifs is 1. The molecule has 0 saturated carbocycles. The van der Waals surface area contributed by atoms with Crippen LogP contribution in [-0.4, -0.2) is 55.4 Å². The van der Waals surface area contributed by atoms with Crippen LogP contribution in [0, 0.1) is 5.92 Å². The minimum absolute atomic E-state index is 0.196. The van der Waals surface area contributed by atoms with Crippen molar-refractivity contribution < 1.29 is 24.2 Å². The third-order valence-electron chi connectivity index (χ3n) is 5.29. The number of aliphatic hydroxyl groups is 1. The summed E-state index contributed by atoms with van der Waals surface area (Å²) >= 11 is 0. The summed E-state index contributed by atoms with van der Waals surface area (Å²) in [6.07, 6.45) is 0.574. The van der Waals surface area contributed by atoms with Crippen LogP contribution in [-0.2, 0) is 20.8 Å². The Labute approximate surface area is 190 Å². The van der Waals surface area contributed by atoms with Gasteiger partial charge in [0.05, 0.1) is 19.0 Å². The highest BCUT2D eigenvalue weighted by atomic mass is 16.6. The van der Waals surface area contributed by atoms with Gasteiger partial charge in [-0.05, 0) is 5.56 Å². The number of hydrogen-bond donors (Lipinski definition) is 3. The van der Waals surface area contributed by atoms with E-state index < -0.39 is 24.5 Å². The third kappa shape index (κ3) is 5.10. The predicted molar refractivity (Wildman–Crippen MR) is 118 cm³/mol. The second kappa shape index (κ2) is 9.92. The first-order chi connectivity index (χ1) is 16.0. The Bertz CT molecular complexity index is 1120. The van der Waals surface area contributed by atoms with Crippen LogP contribution in [0.1, 0.15) is 32.1 Å². The molecule has 3 N–H and O–H groups in total. The molecule has 0 radical (unpaired) electrons. The molecule has 2 aromatic heterocycles. The Kier molecular flexibility index (Phi) is 6.80. The van der Waals surface area contributed by atoms with Crippen molar-refractivity contribution in [2.75, 3.05) is 11.9 Å². The summed E-state index contributed by atoms with van der Waals surface area (Å²) in [6, 6.07) is 9.47. The number of imidazole rings is 1. The molecular formula is C22H26N6O5. The van der Waals surface area contributed by atoms with E-state index in [9.17, 15) is 14.7 Å². The topological polar surface area (TPSA) is 140 Å². The lowest BCUT2D eigenvalue weighted by molar-refractivity contribution is -0.118. The highest BCUT2D eigenvalue weighted by Crippen LogP contribution is 2.33. The van der Waals surface area contributed by atoms with Crippen molar-refractivity contribution in [1.29, 1.82) is 0 Å². The van der Waals surface area contributed by atoms with Gasteiger partial charge in [-0.2, -0.15) is 0 Å². The maximum atomic E-state index is 12.4. The van der Waals surface area contributed by atoms with Crippen molar-refractivity contribution in [2.24, 2.45) is 5.92 Å². The number of aromatic nitrogens is 4. The van der Waals surface area contributed by atoms with Crippen LogP contribution in [0.4, 0.5) is 10.6 Å². The molecule has 0 aliphatic carbocycles. The lowest BCUT2D eigenvalue weighted by Crippen LogP contribution is -2.31. The molecule has 11 heteroatoms. The molecule has 2 amide bonds. The molecule has 1 aliphatic heterocycles. The first-order valence-corrected chi connectivity index (χ1v) is 10.7. The molecule has 11 nitrogen and oxygen atoms in total. The van der Waals surface area contributed by atoms with E-state index in [1.54, 1.807) is 18.4 Å². The summed E-state index contributed by atoms with van der Waals surface area (Å²) in [6.45, 7) is 3.65. The standard InChI is InChI=1S/C22H26N6O5/c1-13(2)20(30)27-18-17-19(25-11-24-18)28(12-26-17)21-16(8-15(10-29)32-21)33-22(31)23-9-14-6-4-3-5-7-14/h3-7,11-13,15-16,21,29H,8-10H2,1-2H3,(H,23,31)(H,24,25,27,30)/t15-,16+,21+/m0/s1. The molecule has 174 valence electrons. The number of hydrogen-bond acceptors (Lipinski definition) is 8. The summed E-state index contributed by atoms with van der Waals surface area (Å²) in [4.78, 5) is 37.3. The summed E-state index contributed by atoms with van der Waals surface area (Å²) in [7, 11) is 0. The molecule has 3 atom stereocenters. The Morgan fingerprint density at radius 2 is 2.03 bits per heavy atom. The smallest absolute Gasteiger partial charge is 0.407 e. The van der Waals surface area contributed by atoms with Crippen molar-refractivity contribution in [3.05, 3.63) is 48.5 Å². The van der Waals surface area contributed by atoms with E-state index >= 15 is 0 Å². The van der Waals surface area contributed by atoms with Crippen LogP contribution in [0.5, 0.6) is 0 Å². The highest BCUT2D eigenvalue weighted by Gasteiger charge is 2.40. The zero-order chi connectivity index (χ0) is 23.4. The highest BCUT2D eigenvalue weighted by molar-refractivity contribution is 5.97. The molecule has 0 unspecified atom stereocenters. The van der Waals surface area contributed by atoms with Gasteiger partial charge in [0.15, 0.2) is 29.3 Å². The van der Waals surface area contributed by atoms with Crippen LogP contribution in [0.3, 0.4) is 0 Å². The van der Waals surface area contributed by atoms with Crippen molar-refractivity contribution in [2.45, 2.75) is 45.2 Å². The van der Waals surface area contributed by atoms with E-state index in [1.165, 1.54) is 12.7 Å². The van der Waals surface area contributed by atoms with Crippen LogP contribution >= 0.6 is 0 Å². The van der Waals surface area contributed by atoms with E-state index in [-0.39, 0.29) is 24.2 Å². The fourth-order valence-electron chi connectivity index (χ4n) is 3.52. The SMILES string of the molecule is CC(C)C(=O)Nc1ncnc2c1ncn2[C@@H]1O[C@H](CO)C[C@H]1OC(=O)NCc1ccccc1. The zero-order valence-corrected chi connectivity index (χ0v) is 18.3. The van der Waals surface area contributed by atoms with E-state index in [0.29, 0.717) is 24.1 Å². The maximum absolute atomic E-state index is 12.4. The second-order valence-corrected chi connectivity index (χ2v) is 8.04. The van der Waals surface area contributed by atoms with Crippen LogP contribution in [0.15, 0.2) is 43.0 Å². The van der Waals surface area contributed by atoms with E-state index in [2.05, 4.69) is 25.6 Å². The molecule has 4 rings (SSSR count). The monoisotopic (exact) mass is 454 g/mol. The van der Waals surface area contributed by atoms with Gasteiger partial charge in [0, 0.05) is 18.9 Å². The number of ether oxygens (including phenoxy) is 2. The molecule has 33 heavy (non-hydrogen) atoms. The number of alkyl carbamates (subject to hydrolysis) is 1. The predicted octanol–water partition coefficient (Wildman–Crippen LogP) is 2.00. The van der Waals surface area contributed by atoms with Crippen LogP contribution in [0.2, 0.25) is 0 Å². The largest absolute Gasteiger partial charge is 0.441 e. The van der Waals surface area contributed by atoms with Crippen molar-refractivity contribution >= 4 is 29.0 Å². The van der Waals surface area contributed by atoms with Crippen molar-refractivity contribution in [1.82, 2.24) is 24.8 Å². The van der Waals surface area contributed by atoms with Gasteiger partial charge in [-0.1, -0.05) is 44.2 Å². The second-order valence-electron chi connectivity index (χ2n) is 8.04. The quantitative estimate of drug-likeness (QED) is 0.492. The van der Waals surface area contributed by atoms with Gasteiger partial charge in [-0.3, -0.25) is 9.36 Å². The summed E-state index contributed by atoms with van der Waals surface area (Å²) < 4.78 is 13.2. The number of amides is 2.